The van der Waals surface area contributed by atoms with Crippen LogP contribution in [0, 0.1) is 6.92 Å². The number of anilines is 1. The Bertz CT molecular complexity index is 485. The number of fused-ring (bicyclic) bond motifs is 3. The van der Waals surface area contributed by atoms with Crippen LogP contribution in [0.15, 0.2) is 12.1 Å². The van der Waals surface area contributed by atoms with Gasteiger partial charge in [0, 0.05) is 24.7 Å². The number of rotatable bonds is 0. The largest absolute Gasteiger partial charge is 0.508 e. The number of hydrogen-bond donors (Lipinski definition) is 1. The molecule has 17 heavy (non-hydrogen) atoms. The van der Waals surface area contributed by atoms with Crippen molar-refractivity contribution < 1.29 is 5.11 Å². The van der Waals surface area contributed by atoms with Crippen molar-refractivity contribution in [1.29, 1.82) is 0 Å². The number of likely N-dealkylation sites (tertiary alicyclic amines) is 1. The van der Waals surface area contributed by atoms with E-state index in [2.05, 4.69) is 37.7 Å². The van der Waals surface area contributed by atoms with Crippen molar-refractivity contribution in [2.24, 2.45) is 0 Å². The molecule has 0 bridgehead atoms. The van der Waals surface area contributed by atoms with E-state index in [1.54, 1.807) is 0 Å². The van der Waals surface area contributed by atoms with Gasteiger partial charge in [-0.3, -0.25) is 4.90 Å². The van der Waals surface area contributed by atoms with Crippen LogP contribution in [0.25, 0.3) is 0 Å². The summed E-state index contributed by atoms with van der Waals surface area (Å²) in [6.45, 7) is 5.53. The summed E-state index contributed by atoms with van der Waals surface area (Å²) in [5, 5.41) is 9.83. The Labute approximate surface area is 103 Å². The third-order valence-electron chi connectivity index (χ3n) is 4.59. The molecular formula is C14H20N2O. The molecule has 0 spiro atoms. The fourth-order valence-electron chi connectivity index (χ4n) is 3.93. The van der Waals surface area contributed by atoms with Crippen LogP contribution in [-0.4, -0.2) is 36.8 Å². The topological polar surface area (TPSA) is 26.7 Å². The van der Waals surface area contributed by atoms with Gasteiger partial charge in [0.25, 0.3) is 0 Å². The SMILES string of the molecule is Cc1cc(O)cc2c1N(C)[C@H]1N(C)CC[C@@]21C. The summed E-state index contributed by atoms with van der Waals surface area (Å²) in [5.74, 6) is 0.395. The molecule has 2 aliphatic heterocycles. The van der Waals surface area contributed by atoms with Crippen LogP contribution >= 0.6 is 0 Å². The number of phenolic OH excluding ortho intramolecular Hbond substituents is 1. The van der Waals surface area contributed by atoms with E-state index in [0.717, 1.165) is 13.0 Å². The van der Waals surface area contributed by atoms with Gasteiger partial charge in [-0.05, 0) is 43.7 Å². The Morgan fingerprint density at radius 3 is 2.76 bits per heavy atom. The first kappa shape index (κ1) is 10.9. The molecule has 3 heteroatoms. The van der Waals surface area contributed by atoms with Gasteiger partial charge in [-0.1, -0.05) is 6.92 Å². The van der Waals surface area contributed by atoms with Crippen LogP contribution < -0.4 is 4.90 Å². The minimum Gasteiger partial charge on any atom is -0.508 e. The standard InChI is InChI=1S/C14H20N2O/c1-9-7-10(17)8-11-12(9)16(4)13-14(11,2)5-6-15(13)3/h7-8,13,17H,5-6H2,1-4H3/t13-,14+/m1/s1. The summed E-state index contributed by atoms with van der Waals surface area (Å²) in [7, 11) is 4.36. The molecule has 3 nitrogen and oxygen atoms in total. The average Bonchev–Trinajstić information content (AvgIpc) is 2.64. The molecular weight excluding hydrogens is 212 g/mol. The average molecular weight is 232 g/mol. The summed E-state index contributed by atoms with van der Waals surface area (Å²) < 4.78 is 0. The predicted octanol–water partition coefficient (Wildman–Crippen LogP) is 2.07. The van der Waals surface area contributed by atoms with Crippen LogP contribution in [0.3, 0.4) is 0 Å². The van der Waals surface area contributed by atoms with Crippen LogP contribution in [0.4, 0.5) is 5.69 Å². The van der Waals surface area contributed by atoms with Crippen LogP contribution in [0.2, 0.25) is 0 Å². The van der Waals surface area contributed by atoms with Gasteiger partial charge in [-0.25, -0.2) is 0 Å². The maximum Gasteiger partial charge on any atom is 0.116 e. The van der Waals surface area contributed by atoms with E-state index in [-0.39, 0.29) is 5.41 Å². The number of aryl methyl sites for hydroxylation is 1. The van der Waals surface area contributed by atoms with E-state index in [4.69, 9.17) is 0 Å². The first-order valence-electron chi connectivity index (χ1n) is 6.22. The van der Waals surface area contributed by atoms with Gasteiger partial charge in [0.15, 0.2) is 0 Å². The number of hydrogen-bond acceptors (Lipinski definition) is 3. The van der Waals surface area contributed by atoms with Gasteiger partial charge in [0.2, 0.25) is 0 Å². The van der Waals surface area contributed by atoms with Gasteiger partial charge in [-0.2, -0.15) is 0 Å². The van der Waals surface area contributed by atoms with E-state index in [9.17, 15) is 5.11 Å². The third kappa shape index (κ3) is 1.20. The molecule has 1 saturated heterocycles. The van der Waals surface area contributed by atoms with Crippen molar-refractivity contribution in [2.45, 2.75) is 31.8 Å². The Hall–Kier alpha value is -1.22. The van der Waals surface area contributed by atoms with Crippen molar-refractivity contribution in [3.8, 4) is 5.75 Å². The van der Waals surface area contributed by atoms with Crippen LogP contribution in [0.5, 0.6) is 5.75 Å². The number of likely N-dealkylation sites (N-methyl/N-ethyl adjacent to an activating group) is 2. The fraction of sp³-hybridized carbons (Fsp3) is 0.571. The first-order chi connectivity index (χ1) is 7.95. The van der Waals surface area contributed by atoms with Gasteiger partial charge in [-0.15, -0.1) is 0 Å². The zero-order valence-electron chi connectivity index (χ0n) is 11.0. The van der Waals surface area contributed by atoms with Gasteiger partial charge in [0.05, 0.1) is 6.17 Å². The Morgan fingerprint density at radius 2 is 2.06 bits per heavy atom. The Morgan fingerprint density at radius 1 is 1.35 bits per heavy atom. The van der Waals surface area contributed by atoms with E-state index in [1.165, 1.54) is 16.8 Å². The minimum atomic E-state index is 0.155. The quantitative estimate of drug-likeness (QED) is 0.742. The van der Waals surface area contributed by atoms with Crippen molar-refractivity contribution in [3.05, 3.63) is 23.3 Å². The predicted molar refractivity (Wildman–Crippen MR) is 69.6 cm³/mol. The first-order valence-corrected chi connectivity index (χ1v) is 6.22. The Balaban J connectivity index is 2.25. The second-order valence-corrected chi connectivity index (χ2v) is 5.79. The molecule has 0 aliphatic carbocycles. The van der Waals surface area contributed by atoms with Gasteiger partial charge >= 0.3 is 0 Å². The maximum absolute atomic E-state index is 9.83. The lowest BCUT2D eigenvalue weighted by Crippen LogP contribution is -2.45. The molecule has 1 N–H and O–H groups in total. The monoisotopic (exact) mass is 232 g/mol. The molecule has 2 aliphatic rings. The Kier molecular flexibility index (Phi) is 2.03. The molecule has 0 aromatic heterocycles. The van der Waals surface area contributed by atoms with Crippen molar-refractivity contribution in [3.63, 3.8) is 0 Å². The number of aromatic hydroxyl groups is 1. The lowest BCUT2D eigenvalue weighted by atomic mass is 9.81. The van der Waals surface area contributed by atoms with Crippen molar-refractivity contribution in [2.75, 3.05) is 25.5 Å². The normalized spacial score (nSPS) is 31.8. The van der Waals surface area contributed by atoms with Crippen LogP contribution in [-0.2, 0) is 5.41 Å². The molecule has 0 amide bonds. The fourth-order valence-corrected chi connectivity index (χ4v) is 3.93. The number of phenols is 1. The molecule has 1 aromatic carbocycles. The molecule has 1 fully saturated rings. The number of benzene rings is 1. The van der Waals surface area contributed by atoms with Crippen molar-refractivity contribution in [1.82, 2.24) is 4.90 Å². The lowest BCUT2D eigenvalue weighted by molar-refractivity contribution is 0.268. The van der Waals surface area contributed by atoms with Crippen molar-refractivity contribution >= 4 is 5.69 Å². The summed E-state index contributed by atoms with van der Waals surface area (Å²) >= 11 is 0. The molecule has 0 unspecified atom stereocenters. The molecule has 0 radical (unpaired) electrons. The molecule has 2 heterocycles. The smallest absolute Gasteiger partial charge is 0.116 e. The number of nitrogens with zero attached hydrogens (tertiary/aromatic N) is 2. The zero-order valence-corrected chi connectivity index (χ0v) is 11.0. The maximum atomic E-state index is 9.83. The summed E-state index contributed by atoms with van der Waals surface area (Å²) in [4.78, 5) is 4.79. The second kappa shape index (κ2) is 3.16. The molecule has 92 valence electrons. The highest BCUT2D eigenvalue weighted by molar-refractivity contribution is 5.70. The molecule has 1 aromatic rings. The van der Waals surface area contributed by atoms with E-state index >= 15 is 0 Å². The minimum absolute atomic E-state index is 0.155. The highest BCUT2D eigenvalue weighted by Crippen LogP contribution is 2.52. The van der Waals surface area contributed by atoms with Gasteiger partial charge < -0.3 is 10.0 Å². The van der Waals surface area contributed by atoms with E-state index in [0.29, 0.717) is 11.9 Å². The molecule has 2 atom stereocenters. The van der Waals surface area contributed by atoms with Gasteiger partial charge in [0.1, 0.15) is 5.75 Å². The van der Waals surface area contributed by atoms with E-state index in [1.807, 2.05) is 12.1 Å². The highest BCUT2D eigenvalue weighted by atomic mass is 16.3. The summed E-state index contributed by atoms with van der Waals surface area (Å²) in [6.07, 6.45) is 1.59. The highest BCUT2D eigenvalue weighted by Gasteiger charge is 2.52. The molecule has 3 rings (SSSR count). The lowest BCUT2D eigenvalue weighted by Gasteiger charge is -2.32. The zero-order chi connectivity index (χ0) is 12.4. The molecule has 0 saturated carbocycles. The second-order valence-electron chi connectivity index (χ2n) is 5.79. The summed E-state index contributed by atoms with van der Waals surface area (Å²) in [6, 6.07) is 3.82. The summed E-state index contributed by atoms with van der Waals surface area (Å²) in [5.41, 5.74) is 3.95. The van der Waals surface area contributed by atoms with Crippen LogP contribution in [0.1, 0.15) is 24.5 Å². The third-order valence-corrected chi connectivity index (χ3v) is 4.59. The van der Waals surface area contributed by atoms with E-state index < -0.39 is 0 Å².